The molecule has 1 aromatic carbocycles. The van der Waals surface area contributed by atoms with E-state index in [1.165, 1.54) is 47.3 Å². The van der Waals surface area contributed by atoms with Crippen LogP contribution in [0.4, 0.5) is 5.95 Å². The maximum absolute atomic E-state index is 4.87. The molecule has 4 rings (SSSR count). The summed E-state index contributed by atoms with van der Waals surface area (Å²) >= 11 is 0. The molecule has 1 unspecified atom stereocenters. The molecule has 1 aliphatic heterocycles. The highest BCUT2D eigenvalue weighted by atomic mass is 15.3. The summed E-state index contributed by atoms with van der Waals surface area (Å²) in [5.74, 6) is 1.10. The number of nitrogens with zero attached hydrogens (tertiary/aromatic N) is 2. The SMILES string of the molecule is Cc1ccc(C)c(C2CCNc3nc4c(n32)CCCC4)c1. The first-order chi connectivity index (χ1) is 10.2. The standard InChI is InChI=1S/C18H23N3/c1-12-7-8-13(2)14(11-12)16-9-10-19-18-20-15-5-3-4-6-17(15)21(16)18/h7-8,11,16H,3-6,9-10H2,1-2H3,(H,19,20). The van der Waals surface area contributed by atoms with Crippen molar-refractivity contribution in [2.75, 3.05) is 11.9 Å². The Morgan fingerprint density at radius 3 is 2.95 bits per heavy atom. The monoisotopic (exact) mass is 281 g/mol. The molecule has 0 bridgehead atoms. The zero-order valence-corrected chi connectivity index (χ0v) is 12.9. The molecule has 0 saturated heterocycles. The highest BCUT2D eigenvalue weighted by Gasteiger charge is 2.29. The first-order valence-corrected chi connectivity index (χ1v) is 8.15. The van der Waals surface area contributed by atoms with Gasteiger partial charge < -0.3 is 9.88 Å². The van der Waals surface area contributed by atoms with Gasteiger partial charge in [-0.2, -0.15) is 0 Å². The van der Waals surface area contributed by atoms with Gasteiger partial charge in [0.25, 0.3) is 0 Å². The first-order valence-electron chi connectivity index (χ1n) is 8.15. The third kappa shape index (κ3) is 2.06. The molecule has 21 heavy (non-hydrogen) atoms. The summed E-state index contributed by atoms with van der Waals surface area (Å²) in [5, 5.41) is 3.51. The van der Waals surface area contributed by atoms with Gasteiger partial charge in [0.1, 0.15) is 0 Å². The molecular formula is C18H23N3. The van der Waals surface area contributed by atoms with Crippen molar-refractivity contribution >= 4 is 5.95 Å². The molecule has 1 N–H and O–H groups in total. The number of benzene rings is 1. The van der Waals surface area contributed by atoms with E-state index in [1.807, 2.05) is 0 Å². The molecule has 2 aliphatic rings. The Bertz CT molecular complexity index is 684. The molecule has 110 valence electrons. The summed E-state index contributed by atoms with van der Waals surface area (Å²) in [6, 6.07) is 7.29. The Hall–Kier alpha value is -1.77. The molecule has 0 radical (unpaired) electrons. The molecule has 0 spiro atoms. The Morgan fingerprint density at radius 1 is 1.19 bits per heavy atom. The van der Waals surface area contributed by atoms with E-state index in [-0.39, 0.29) is 0 Å². The largest absolute Gasteiger partial charge is 0.356 e. The number of hydrogen-bond donors (Lipinski definition) is 1. The number of rotatable bonds is 1. The minimum absolute atomic E-state index is 0.454. The second-order valence-electron chi connectivity index (χ2n) is 6.50. The van der Waals surface area contributed by atoms with Crippen LogP contribution in [0.1, 0.15) is 53.4 Å². The van der Waals surface area contributed by atoms with Crippen molar-refractivity contribution < 1.29 is 0 Å². The molecular weight excluding hydrogens is 258 g/mol. The van der Waals surface area contributed by atoms with Crippen molar-refractivity contribution in [2.45, 2.75) is 52.0 Å². The molecule has 0 fully saturated rings. The minimum Gasteiger partial charge on any atom is -0.356 e. The molecule has 3 heteroatoms. The highest BCUT2D eigenvalue weighted by Crippen LogP contribution is 2.36. The number of nitrogens with one attached hydrogen (secondary N) is 1. The van der Waals surface area contributed by atoms with Crippen molar-refractivity contribution in [1.29, 1.82) is 0 Å². The zero-order chi connectivity index (χ0) is 14.4. The predicted molar refractivity (Wildman–Crippen MR) is 86.0 cm³/mol. The van der Waals surface area contributed by atoms with Gasteiger partial charge in [-0.15, -0.1) is 0 Å². The van der Waals surface area contributed by atoms with Crippen LogP contribution in [0, 0.1) is 13.8 Å². The molecule has 0 amide bonds. The van der Waals surface area contributed by atoms with Crippen LogP contribution in [-0.4, -0.2) is 16.1 Å². The van der Waals surface area contributed by atoms with E-state index >= 15 is 0 Å². The van der Waals surface area contributed by atoms with Crippen LogP contribution in [0.2, 0.25) is 0 Å². The summed E-state index contributed by atoms with van der Waals surface area (Å²) < 4.78 is 2.50. The summed E-state index contributed by atoms with van der Waals surface area (Å²) in [5.41, 5.74) is 7.04. The van der Waals surface area contributed by atoms with E-state index in [4.69, 9.17) is 4.98 Å². The fourth-order valence-electron chi connectivity index (χ4n) is 3.89. The zero-order valence-electron chi connectivity index (χ0n) is 12.9. The van der Waals surface area contributed by atoms with E-state index in [0.29, 0.717) is 6.04 Å². The minimum atomic E-state index is 0.454. The quantitative estimate of drug-likeness (QED) is 0.862. The van der Waals surface area contributed by atoms with Crippen LogP contribution in [-0.2, 0) is 12.8 Å². The van der Waals surface area contributed by atoms with Gasteiger partial charge in [0, 0.05) is 12.2 Å². The average molecular weight is 281 g/mol. The highest BCUT2D eigenvalue weighted by molar-refractivity contribution is 5.43. The van der Waals surface area contributed by atoms with Gasteiger partial charge in [0.05, 0.1) is 11.7 Å². The number of aryl methyl sites for hydroxylation is 3. The Morgan fingerprint density at radius 2 is 2.05 bits per heavy atom. The van der Waals surface area contributed by atoms with E-state index in [2.05, 4.69) is 41.9 Å². The molecule has 0 saturated carbocycles. The second kappa shape index (κ2) is 4.90. The van der Waals surface area contributed by atoms with Gasteiger partial charge >= 0.3 is 0 Å². The lowest BCUT2D eigenvalue weighted by atomic mass is 9.94. The average Bonchev–Trinajstić information content (AvgIpc) is 2.88. The van der Waals surface area contributed by atoms with E-state index < -0.39 is 0 Å². The van der Waals surface area contributed by atoms with Gasteiger partial charge in [0.2, 0.25) is 5.95 Å². The van der Waals surface area contributed by atoms with Crippen LogP contribution < -0.4 is 5.32 Å². The fraction of sp³-hybridized carbons (Fsp3) is 0.500. The summed E-state index contributed by atoms with van der Waals surface area (Å²) in [4.78, 5) is 4.87. The number of fused-ring (bicyclic) bond motifs is 3. The Labute approximate surface area is 126 Å². The van der Waals surface area contributed by atoms with Crippen molar-refractivity contribution in [3.8, 4) is 0 Å². The summed E-state index contributed by atoms with van der Waals surface area (Å²) in [6.45, 7) is 5.45. The Balaban J connectivity index is 1.86. The number of anilines is 1. The lowest BCUT2D eigenvalue weighted by Crippen LogP contribution is -2.26. The van der Waals surface area contributed by atoms with Crippen LogP contribution in [0.5, 0.6) is 0 Å². The maximum Gasteiger partial charge on any atom is 0.203 e. The molecule has 1 aromatic heterocycles. The lowest BCUT2D eigenvalue weighted by Gasteiger charge is -2.30. The van der Waals surface area contributed by atoms with Crippen molar-refractivity contribution in [2.24, 2.45) is 0 Å². The normalized spacial score (nSPS) is 20.6. The molecule has 2 heterocycles. The maximum atomic E-state index is 4.87. The fourth-order valence-corrected chi connectivity index (χ4v) is 3.89. The van der Waals surface area contributed by atoms with Gasteiger partial charge in [-0.1, -0.05) is 23.8 Å². The smallest absolute Gasteiger partial charge is 0.203 e. The number of hydrogen-bond acceptors (Lipinski definition) is 2. The van der Waals surface area contributed by atoms with E-state index in [0.717, 1.165) is 25.3 Å². The topological polar surface area (TPSA) is 29.9 Å². The van der Waals surface area contributed by atoms with Crippen LogP contribution in [0.15, 0.2) is 18.2 Å². The van der Waals surface area contributed by atoms with Gasteiger partial charge in [-0.25, -0.2) is 4.98 Å². The van der Waals surface area contributed by atoms with Crippen LogP contribution >= 0.6 is 0 Å². The van der Waals surface area contributed by atoms with Gasteiger partial charge in [-0.3, -0.25) is 0 Å². The van der Waals surface area contributed by atoms with Gasteiger partial charge in [0.15, 0.2) is 0 Å². The summed E-state index contributed by atoms with van der Waals surface area (Å²) in [6.07, 6.45) is 6.08. The van der Waals surface area contributed by atoms with E-state index in [9.17, 15) is 0 Å². The van der Waals surface area contributed by atoms with Crippen molar-refractivity contribution in [3.05, 3.63) is 46.3 Å². The lowest BCUT2D eigenvalue weighted by molar-refractivity contribution is 0.499. The second-order valence-corrected chi connectivity index (χ2v) is 6.50. The predicted octanol–water partition coefficient (Wildman–Crippen LogP) is 3.78. The number of imidazole rings is 1. The first kappa shape index (κ1) is 12.9. The molecule has 3 nitrogen and oxygen atoms in total. The van der Waals surface area contributed by atoms with Crippen LogP contribution in [0.3, 0.4) is 0 Å². The number of aromatic nitrogens is 2. The van der Waals surface area contributed by atoms with E-state index in [1.54, 1.807) is 0 Å². The Kier molecular flexibility index (Phi) is 3.02. The molecule has 2 aromatic rings. The van der Waals surface area contributed by atoms with Gasteiger partial charge in [-0.05, 0) is 57.1 Å². The van der Waals surface area contributed by atoms with Crippen LogP contribution in [0.25, 0.3) is 0 Å². The molecule has 1 atom stereocenters. The van der Waals surface area contributed by atoms with Crippen molar-refractivity contribution in [1.82, 2.24) is 9.55 Å². The van der Waals surface area contributed by atoms with Crippen molar-refractivity contribution in [3.63, 3.8) is 0 Å². The molecule has 1 aliphatic carbocycles. The summed E-state index contributed by atoms with van der Waals surface area (Å²) in [7, 11) is 0. The third-order valence-corrected chi connectivity index (χ3v) is 4.98. The third-order valence-electron chi connectivity index (χ3n) is 4.98.